The van der Waals surface area contributed by atoms with Gasteiger partial charge in [-0.25, -0.2) is 4.79 Å². The Morgan fingerprint density at radius 3 is 2.50 bits per heavy atom. The average Bonchev–Trinajstić information content (AvgIpc) is 2.48. The number of aryl methyl sites for hydroxylation is 1. The van der Waals surface area contributed by atoms with Crippen LogP contribution in [0.15, 0.2) is 36.4 Å². The van der Waals surface area contributed by atoms with E-state index in [-0.39, 0.29) is 12.1 Å². The highest BCUT2D eigenvalue weighted by Crippen LogP contribution is 2.31. The van der Waals surface area contributed by atoms with Gasteiger partial charge < -0.3 is 4.74 Å². The first kappa shape index (κ1) is 9.00. The lowest BCUT2D eigenvalue weighted by Crippen LogP contribution is -1.98. The fraction of sp³-hybridized carbons (Fsp3) is 0.250. The summed E-state index contributed by atoms with van der Waals surface area (Å²) >= 11 is 0. The zero-order valence-corrected chi connectivity index (χ0v) is 8.12. The Morgan fingerprint density at radius 2 is 2.00 bits per heavy atom. The summed E-state index contributed by atoms with van der Waals surface area (Å²) in [5.41, 5.74) is 2.81. The number of benzene rings is 1. The summed E-state index contributed by atoms with van der Waals surface area (Å²) in [5.74, 6) is -0.268. The zero-order chi connectivity index (χ0) is 10.1. The number of hydrogen-bond acceptors (Lipinski definition) is 2. The maximum atomic E-state index is 11.1. The minimum Gasteiger partial charge on any atom is -0.454 e. The van der Waals surface area contributed by atoms with Gasteiger partial charge in [-0.1, -0.05) is 36.4 Å². The van der Waals surface area contributed by atoms with E-state index in [0.717, 1.165) is 5.56 Å². The van der Waals surface area contributed by atoms with E-state index in [1.807, 2.05) is 31.2 Å². The van der Waals surface area contributed by atoms with Crippen LogP contribution in [0.3, 0.4) is 0 Å². The van der Waals surface area contributed by atoms with Crippen molar-refractivity contribution in [3.63, 3.8) is 0 Å². The number of hydrogen-bond donors (Lipinski definition) is 0. The predicted octanol–water partition coefficient (Wildman–Crippen LogP) is 2.54. The fourth-order valence-corrected chi connectivity index (χ4v) is 1.53. The molecule has 1 aromatic rings. The van der Waals surface area contributed by atoms with E-state index in [1.54, 1.807) is 0 Å². The third-order valence-electron chi connectivity index (χ3n) is 2.42. The molecule has 0 aromatic heterocycles. The molecular weight excluding hydrogens is 176 g/mol. The second kappa shape index (κ2) is 3.29. The number of cyclic esters (lactones) is 1. The minimum atomic E-state index is -0.268. The van der Waals surface area contributed by atoms with Crippen molar-refractivity contribution in [3.05, 3.63) is 47.5 Å². The van der Waals surface area contributed by atoms with Crippen LogP contribution in [0.5, 0.6) is 0 Å². The molecule has 1 saturated heterocycles. The fourth-order valence-electron chi connectivity index (χ4n) is 1.53. The first-order chi connectivity index (χ1) is 6.66. The molecule has 1 heterocycles. The Hall–Kier alpha value is -1.57. The van der Waals surface area contributed by atoms with Gasteiger partial charge in [0, 0.05) is 12.0 Å². The van der Waals surface area contributed by atoms with Crippen molar-refractivity contribution in [2.45, 2.75) is 19.4 Å². The van der Waals surface area contributed by atoms with E-state index in [0.29, 0.717) is 12.0 Å². The molecule has 72 valence electrons. The topological polar surface area (TPSA) is 26.3 Å². The molecule has 1 aliphatic rings. The van der Waals surface area contributed by atoms with E-state index in [2.05, 4.69) is 6.58 Å². The molecule has 2 rings (SSSR count). The molecule has 0 spiro atoms. The molecule has 0 bridgehead atoms. The summed E-state index contributed by atoms with van der Waals surface area (Å²) in [7, 11) is 0. The monoisotopic (exact) mass is 188 g/mol. The highest BCUT2D eigenvalue weighted by Gasteiger charge is 2.28. The zero-order valence-electron chi connectivity index (χ0n) is 8.12. The molecule has 1 fully saturated rings. The van der Waals surface area contributed by atoms with Gasteiger partial charge >= 0.3 is 5.97 Å². The minimum absolute atomic E-state index is 0.129. The van der Waals surface area contributed by atoms with Crippen LogP contribution in [0, 0.1) is 6.92 Å². The molecule has 1 unspecified atom stereocenters. The summed E-state index contributed by atoms with van der Waals surface area (Å²) in [6.45, 7) is 5.69. The molecule has 0 amide bonds. The van der Waals surface area contributed by atoms with Gasteiger partial charge in [0.05, 0.1) is 0 Å². The first-order valence-electron chi connectivity index (χ1n) is 4.62. The SMILES string of the molecule is C=C1CC(c2ccc(C)cc2)OC1=O. The van der Waals surface area contributed by atoms with Gasteiger partial charge in [-0.2, -0.15) is 0 Å². The maximum absolute atomic E-state index is 11.1. The van der Waals surface area contributed by atoms with Gasteiger partial charge in [0.1, 0.15) is 6.10 Å². The molecule has 14 heavy (non-hydrogen) atoms. The van der Waals surface area contributed by atoms with Crippen LogP contribution < -0.4 is 0 Å². The van der Waals surface area contributed by atoms with Crippen LogP contribution in [0.2, 0.25) is 0 Å². The normalized spacial score (nSPS) is 21.1. The summed E-state index contributed by atoms with van der Waals surface area (Å²) < 4.78 is 5.16. The number of carbonyl (C=O) groups excluding carboxylic acids is 1. The van der Waals surface area contributed by atoms with E-state index in [1.165, 1.54) is 5.56 Å². The molecule has 0 N–H and O–H groups in total. The van der Waals surface area contributed by atoms with Crippen LogP contribution in [0.25, 0.3) is 0 Å². The van der Waals surface area contributed by atoms with E-state index in [9.17, 15) is 4.79 Å². The Bertz CT molecular complexity index is 360. The van der Waals surface area contributed by atoms with E-state index in [4.69, 9.17) is 4.74 Å². The first-order valence-corrected chi connectivity index (χ1v) is 4.62. The average molecular weight is 188 g/mol. The molecule has 0 saturated carbocycles. The van der Waals surface area contributed by atoms with Crippen molar-refractivity contribution in [3.8, 4) is 0 Å². The Balaban J connectivity index is 2.21. The third-order valence-corrected chi connectivity index (χ3v) is 2.42. The van der Waals surface area contributed by atoms with Gasteiger partial charge in [0.15, 0.2) is 0 Å². The molecule has 1 atom stereocenters. The summed E-state index contributed by atoms with van der Waals surface area (Å²) in [6.07, 6.45) is 0.484. The Morgan fingerprint density at radius 1 is 1.36 bits per heavy atom. The maximum Gasteiger partial charge on any atom is 0.334 e. The Kier molecular flexibility index (Phi) is 2.12. The molecule has 1 aromatic carbocycles. The quantitative estimate of drug-likeness (QED) is 0.500. The van der Waals surface area contributed by atoms with Gasteiger partial charge in [-0.15, -0.1) is 0 Å². The van der Waals surface area contributed by atoms with Crippen molar-refractivity contribution in [2.24, 2.45) is 0 Å². The highest BCUT2D eigenvalue weighted by molar-refractivity contribution is 5.90. The highest BCUT2D eigenvalue weighted by atomic mass is 16.5. The lowest BCUT2D eigenvalue weighted by molar-refractivity contribution is -0.139. The van der Waals surface area contributed by atoms with Crippen LogP contribution in [0.4, 0.5) is 0 Å². The van der Waals surface area contributed by atoms with Crippen molar-refractivity contribution < 1.29 is 9.53 Å². The smallest absolute Gasteiger partial charge is 0.334 e. The van der Waals surface area contributed by atoms with Crippen LogP contribution in [-0.2, 0) is 9.53 Å². The Labute approximate surface area is 83.2 Å². The molecule has 0 radical (unpaired) electrons. The van der Waals surface area contributed by atoms with Crippen LogP contribution >= 0.6 is 0 Å². The van der Waals surface area contributed by atoms with Crippen LogP contribution in [-0.4, -0.2) is 5.97 Å². The number of carbonyl (C=O) groups is 1. The number of esters is 1. The second-order valence-electron chi connectivity index (χ2n) is 3.61. The van der Waals surface area contributed by atoms with Crippen molar-refractivity contribution in [1.82, 2.24) is 0 Å². The van der Waals surface area contributed by atoms with E-state index < -0.39 is 0 Å². The molecule has 0 aliphatic carbocycles. The number of ether oxygens (including phenoxy) is 1. The number of rotatable bonds is 1. The summed E-state index contributed by atoms with van der Waals surface area (Å²) in [5, 5.41) is 0. The lowest BCUT2D eigenvalue weighted by Gasteiger charge is -2.08. The summed E-state index contributed by atoms with van der Waals surface area (Å²) in [4.78, 5) is 11.1. The van der Waals surface area contributed by atoms with Gasteiger partial charge in [-0.3, -0.25) is 0 Å². The molecular formula is C12H12O2. The molecule has 1 aliphatic heterocycles. The van der Waals surface area contributed by atoms with Crippen molar-refractivity contribution >= 4 is 5.97 Å². The summed E-state index contributed by atoms with van der Waals surface area (Å²) in [6, 6.07) is 8.02. The van der Waals surface area contributed by atoms with Gasteiger partial charge in [-0.05, 0) is 12.5 Å². The lowest BCUT2D eigenvalue weighted by atomic mass is 10.0. The molecule has 2 nitrogen and oxygen atoms in total. The van der Waals surface area contributed by atoms with Crippen molar-refractivity contribution in [2.75, 3.05) is 0 Å². The van der Waals surface area contributed by atoms with E-state index >= 15 is 0 Å². The standard InChI is InChI=1S/C12H12O2/c1-8-3-5-10(6-4-8)11-7-9(2)12(13)14-11/h3-6,11H,2,7H2,1H3. The molecule has 2 heteroatoms. The largest absolute Gasteiger partial charge is 0.454 e. The van der Waals surface area contributed by atoms with Gasteiger partial charge in [0.2, 0.25) is 0 Å². The predicted molar refractivity (Wildman–Crippen MR) is 53.8 cm³/mol. The van der Waals surface area contributed by atoms with Crippen LogP contribution in [0.1, 0.15) is 23.7 Å². The van der Waals surface area contributed by atoms with Crippen molar-refractivity contribution in [1.29, 1.82) is 0 Å². The third kappa shape index (κ3) is 1.55. The van der Waals surface area contributed by atoms with Gasteiger partial charge in [0.25, 0.3) is 0 Å². The second-order valence-corrected chi connectivity index (χ2v) is 3.61.